The van der Waals surface area contributed by atoms with Gasteiger partial charge in [-0.2, -0.15) is 8.42 Å². The molecule has 25 heavy (non-hydrogen) atoms. The second kappa shape index (κ2) is 6.31. The van der Waals surface area contributed by atoms with Crippen molar-refractivity contribution in [3.8, 4) is 5.75 Å². The minimum absolute atomic E-state index is 0.0864. The Morgan fingerprint density at radius 1 is 1.16 bits per heavy atom. The third kappa shape index (κ3) is 3.71. The molecule has 2 aromatic carbocycles. The van der Waals surface area contributed by atoms with E-state index in [2.05, 4.69) is 4.18 Å². The Balaban J connectivity index is 1.89. The van der Waals surface area contributed by atoms with E-state index in [0.29, 0.717) is 5.56 Å². The SMILES string of the molecule is O=C1OC(c2ccc(F)cc2)C(O)N1c1cccc(OS(=O)(=O)O)c1. The number of halogens is 1. The quantitative estimate of drug-likeness (QED) is 0.793. The van der Waals surface area contributed by atoms with E-state index in [0.717, 1.165) is 11.0 Å². The molecule has 1 heterocycles. The van der Waals surface area contributed by atoms with Crippen molar-refractivity contribution < 1.29 is 36.2 Å². The van der Waals surface area contributed by atoms with Crippen LogP contribution in [-0.4, -0.2) is 30.4 Å². The lowest BCUT2D eigenvalue weighted by Crippen LogP contribution is -2.34. The van der Waals surface area contributed by atoms with Gasteiger partial charge < -0.3 is 14.0 Å². The number of hydrogen-bond donors (Lipinski definition) is 2. The van der Waals surface area contributed by atoms with Crippen LogP contribution in [0.4, 0.5) is 14.9 Å². The van der Waals surface area contributed by atoms with Gasteiger partial charge in [-0.05, 0) is 29.8 Å². The predicted molar refractivity (Wildman–Crippen MR) is 82.7 cm³/mol. The van der Waals surface area contributed by atoms with Crippen molar-refractivity contribution in [3.05, 3.63) is 59.9 Å². The molecule has 0 spiro atoms. The van der Waals surface area contributed by atoms with Crippen LogP contribution in [0.2, 0.25) is 0 Å². The van der Waals surface area contributed by atoms with Crippen molar-refractivity contribution in [1.29, 1.82) is 0 Å². The minimum atomic E-state index is -4.74. The molecule has 0 aromatic heterocycles. The van der Waals surface area contributed by atoms with Gasteiger partial charge >= 0.3 is 16.5 Å². The zero-order chi connectivity index (χ0) is 18.2. The lowest BCUT2D eigenvalue weighted by Gasteiger charge is -2.20. The van der Waals surface area contributed by atoms with Crippen LogP contribution >= 0.6 is 0 Å². The Morgan fingerprint density at radius 3 is 2.48 bits per heavy atom. The Kier molecular flexibility index (Phi) is 4.33. The van der Waals surface area contributed by atoms with E-state index in [1.807, 2.05) is 0 Å². The molecule has 0 bridgehead atoms. The van der Waals surface area contributed by atoms with Gasteiger partial charge in [-0.1, -0.05) is 18.2 Å². The van der Waals surface area contributed by atoms with Crippen LogP contribution in [0.25, 0.3) is 0 Å². The molecule has 0 saturated carbocycles. The number of anilines is 1. The molecule has 0 radical (unpaired) electrons. The largest absolute Gasteiger partial charge is 0.446 e. The topological polar surface area (TPSA) is 113 Å². The number of hydrogen-bond acceptors (Lipinski definition) is 6. The van der Waals surface area contributed by atoms with Gasteiger partial charge in [0, 0.05) is 6.07 Å². The second-order valence-corrected chi connectivity index (χ2v) is 6.17. The molecule has 2 N–H and O–H groups in total. The van der Waals surface area contributed by atoms with Gasteiger partial charge in [-0.15, -0.1) is 0 Å². The van der Waals surface area contributed by atoms with Crippen LogP contribution in [0.5, 0.6) is 5.75 Å². The smallest absolute Gasteiger partial charge is 0.436 e. The fourth-order valence-electron chi connectivity index (χ4n) is 2.43. The third-order valence-electron chi connectivity index (χ3n) is 3.46. The maximum absolute atomic E-state index is 13.0. The van der Waals surface area contributed by atoms with Crippen LogP contribution < -0.4 is 9.08 Å². The number of carbonyl (C=O) groups excluding carboxylic acids is 1. The molecule has 3 rings (SSSR count). The summed E-state index contributed by atoms with van der Waals surface area (Å²) in [6.07, 6.45) is -3.37. The number of aliphatic hydroxyl groups excluding tert-OH is 1. The molecular formula is C15H12FNO7S. The van der Waals surface area contributed by atoms with Crippen LogP contribution in [-0.2, 0) is 15.1 Å². The summed E-state index contributed by atoms with van der Waals surface area (Å²) in [5.41, 5.74) is 0.471. The zero-order valence-corrected chi connectivity index (χ0v) is 13.3. The summed E-state index contributed by atoms with van der Waals surface area (Å²) < 4.78 is 52.7. The second-order valence-electron chi connectivity index (χ2n) is 5.15. The molecule has 1 aliphatic rings. The fourth-order valence-corrected chi connectivity index (χ4v) is 2.77. The van der Waals surface area contributed by atoms with E-state index in [-0.39, 0.29) is 11.4 Å². The van der Waals surface area contributed by atoms with Crippen molar-refractivity contribution in [2.24, 2.45) is 0 Å². The summed E-state index contributed by atoms with van der Waals surface area (Å²) in [5, 5.41) is 10.4. The van der Waals surface area contributed by atoms with E-state index in [4.69, 9.17) is 9.29 Å². The molecule has 1 saturated heterocycles. The van der Waals surface area contributed by atoms with E-state index in [1.54, 1.807) is 0 Å². The molecule has 132 valence electrons. The van der Waals surface area contributed by atoms with Crippen LogP contribution in [0, 0.1) is 5.82 Å². The number of nitrogens with zero attached hydrogens (tertiary/aromatic N) is 1. The monoisotopic (exact) mass is 369 g/mol. The van der Waals surface area contributed by atoms with E-state index >= 15 is 0 Å². The molecule has 2 atom stereocenters. The van der Waals surface area contributed by atoms with Crippen molar-refractivity contribution in [3.63, 3.8) is 0 Å². The molecule has 1 aliphatic heterocycles. The average molecular weight is 369 g/mol. The third-order valence-corrected chi connectivity index (χ3v) is 3.86. The van der Waals surface area contributed by atoms with Crippen molar-refractivity contribution >= 4 is 22.2 Å². The summed E-state index contributed by atoms with van der Waals surface area (Å²) >= 11 is 0. The summed E-state index contributed by atoms with van der Waals surface area (Å²) in [7, 11) is -4.74. The first-order chi connectivity index (χ1) is 11.7. The Morgan fingerprint density at radius 2 is 1.84 bits per heavy atom. The standard InChI is InChI=1S/C15H12FNO7S/c16-10-6-4-9(5-7-10)13-14(18)17(15(19)23-13)11-2-1-3-12(8-11)24-25(20,21)22/h1-8,13-14,18H,(H,20,21,22). The lowest BCUT2D eigenvalue weighted by atomic mass is 10.1. The number of carbonyl (C=O) groups is 1. The van der Waals surface area contributed by atoms with Gasteiger partial charge in [0.1, 0.15) is 11.6 Å². The van der Waals surface area contributed by atoms with Crippen molar-refractivity contribution in [2.75, 3.05) is 4.90 Å². The highest BCUT2D eigenvalue weighted by Crippen LogP contribution is 2.35. The predicted octanol–water partition coefficient (Wildman–Crippen LogP) is 2.02. The molecular weight excluding hydrogens is 357 g/mol. The van der Waals surface area contributed by atoms with E-state index in [9.17, 15) is 22.7 Å². The number of ether oxygens (including phenoxy) is 1. The van der Waals surface area contributed by atoms with Crippen LogP contribution in [0.3, 0.4) is 0 Å². The Labute approximate surface area is 142 Å². The molecule has 0 aliphatic carbocycles. The van der Waals surface area contributed by atoms with Crippen molar-refractivity contribution in [1.82, 2.24) is 0 Å². The fraction of sp³-hybridized carbons (Fsp3) is 0.133. The van der Waals surface area contributed by atoms with Crippen molar-refractivity contribution in [2.45, 2.75) is 12.3 Å². The summed E-state index contributed by atoms with van der Waals surface area (Å²) in [6.45, 7) is 0. The number of aliphatic hydroxyl groups is 1. The van der Waals surface area contributed by atoms with E-state index in [1.165, 1.54) is 42.5 Å². The average Bonchev–Trinajstić information content (AvgIpc) is 2.81. The molecule has 10 heteroatoms. The maximum atomic E-state index is 13.0. The zero-order valence-electron chi connectivity index (χ0n) is 12.4. The summed E-state index contributed by atoms with van der Waals surface area (Å²) in [6, 6.07) is 10.2. The molecule has 2 unspecified atom stereocenters. The number of rotatable bonds is 4. The first kappa shape index (κ1) is 17.1. The first-order valence-electron chi connectivity index (χ1n) is 6.95. The molecule has 1 amide bonds. The van der Waals surface area contributed by atoms with Gasteiger partial charge in [0.15, 0.2) is 12.3 Å². The van der Waals surface area contributed by atoms with Gasteiger partial charge in [-0.25, -0.2) is 14.1 Å². The highest BCUT2D eigenvalue weighted by molar-refractivity contribution is 7.81. The maximum Gasteiger partial charge on any atom is 0.446 e. The van der Waals surface area contributed by atoms with Gasteiger partial charge in [0.2, 0.25) is 0 Å². The summed E-state index contributed by atoms with van der Waals surface area (Å²) in [5.74, 6) is -0.736. The minimum Gasteiger partial charge on any atom is -0.436 e. The first-order valence-corrected chi connectivity index (χ1v) is 8.31. The highest BCUT2D eigenvalue weighted by atomic mass is 32.3. The Hall–Kier alpha value is -2.69. The van der Waals surface area contributed by atoms with Gasteiger partial charge in [0.25, 0.3) is 0 Å². The normalized spacial score (nSPS) is 20.4. The number of benzene rings is 2. The highest BCUT2D eigenvalue weighted by Gasteiger charge is 2.42. The van der Waals surface area contributed by atoms with Gasteiger partial charge in [-0.3, -0.25) is 4.55 Å². The summed E-state index contributed by atoms with van der Waals surface area (Å²) in [4.78, 5) is 13.0. The molecule has 1 fully saturated rings. The molecule has 8 nitrogen and oxygen atoms in total. The van der Waals surface area contributed by atoms with E-state index < -0.39 is 34.6 Å². The number of amides is 1. The Bertz CT molecular complexity index is 900. The lowest BCUT2D eigenvalue weighted by molar-refractivity contribution is 0.0618. The van der Waals surface area contributed by atoms with Crippen LogP contribution in [0.15, 0.2) is 48.5 Å². The molecule has 2 aromatic rings. The number of cyclic esters (lactones) is 1. The van der Waals surface area contributed by atoms with Crippen LogP contribution in [0.1, 0.15) is 11.7 Å². The van der Waals surface area contributed by atoms with Gasteiger partial charge in [0.05, 0.1) is 5.69 Å².